The molecule has 0 bridgehead atoms. The second-order valence-corrected chi connectivity index (χ2v) is 6.85. The average Bonchev–Trinajstić information content (AvgIpc) is 3.19. The monoisotopic (exact) mass is 304 g/mol. The third kappa shape index (κ3) is 2.02. The maximum Gasteiger partial charge on any atom is 0.174 e. The lowest BCUT2D eigenvalue weighted by Crippen LogP contribution is -2.52. The van der Waals surface area contributed by atoms with Crippen LogP contribution in [0.1, 0.15) is 36.2 Å². The van der Waals surface area contributed by atoms with Gasteiger partial charge in [-0.25, -0.2) is 0 Å². The van der Waals surface area contributed by atoms with Crippen molar-refractivity contribution in [1.82, 2.24) is 0 Å². The van der Waals surface area contributed by atoms with Gasteiger partial charge in [-0.1, -0.05) is 72.8 Å². The molecule has 5 rings (SSSR count). The number of hydrogen-bond donors (Lipinski definition) is 0. The molecule has 2 nitrogen and oxygen atoms in total. The Labute approximate surface area is 136 Å². The molecule has 0 unspecified atom stereocenters. The van der Waals surface area contributed by atoms with E-state index in [1.54, 1.807) is 0 Å². The standard InChI is InChI=1S/C21H20O2/c1-3-8-15(9-4-1)19-20(16-10-5-2-6-11-16)23-21(22-19)14-17-12-7-13-18(17)21/h1-12,17-20H,13-14H2/t17-,18-,19-,20-/m0/s1. The second kappa shape index (κ2) is 5.05. The summed E-state index contributed by atoms with van der Waals surface area (Å²) in [5.74, 6) is 0.734. The first-order chi connectivity index (χ1) is 11.4. The predicted molar refractivity (Wildman–Crippen MR) is 88.6 cm³/mol. The lowest BCUT2D eigenvalue weighted by molar-refractivity contribution is -0.276. The van der Waals surface area contributed by atoms with E-state index in [-0.39, 0.29) is 12.2 Å². The summed E-state index contributed by atoms with van der Waals surface area (Å²) in [6.07, 6.45) is 6.62. The molecule has 1 heterocycles. The first-order valence-electron chi connectivity index (χ1n) is 8.48. The van der Waals surface area contributed by atoms with Crippen LogP contribution in [0.3, 0.4) is 0 Å². The maximum atomic E-state index is 6.59. The van der Waals surface area contributed by atoms with Crippen molar-refractivity contribution in [3.8, 4) is 0 Å². The molecule has 0 aromatic heterocycles. The maximum absolute atomic E-state index is 6.59. The van der Waals surface area contributed by atoms with E-state index in [9.17, 15) is 0 Å². The molecule has 0 N–H and O–H groups in total. The van der Waals surface area contributed by atoms with Gasteiger partial charge in [-0.2, -0.15) is 0 Å². The van der Waals surface area contributed by atoms with Crippen LogP contribution in [0.5, 0.6) is 0 Å². The summed E-state index contributed by atoms with van der Waals surface area (Å²) in [6, 6.07) is 21.0. The van der Waals surface area contributed by atoms with Crippen molar-refractivity contribution in [3.63, 3.8) is 0 Å². The fourth-order valence-electron chi connectivity index (χ4n) is 4.37. The van der Waals surface area contributed by atoms with Crippen LogP contribution >= 0.6 is 0 Å². The first kappa shape index (κ1) is 13.5. The molecule has 0 amide bonds. The molecule has 2 fully saturated rings. The second-order valence-electron chi connectivity index (χ2n) is 6.85. The van der Waals surface area contributed by atoms with Crippen LogP contribution in [0.4, 0.5) is 0 Å². The van der Waals surface area contributed by atoms with Gasteiger partial charge in [0.2, 0.25) is 0 Å². The van der Waals surface area contributed by atoms with E-state index in [1.165, 1.54) is 11.1 Å². The van der Waals surface area contributed by atoms with E-state index in [0.29, 0.717) is 11.8 Å². The molecule has 2 heteroatoms. The van der Waals surface area contributed by atoms with Gasteiger partial charge in [0.25, 0.3) is 0 Å². The summed E-state index contributed by atoms with van der Waals surface area (Å²) < 4.78 is 13.2. The van der Waals surface area contributed by atoms with Crippen LogP contribution in [0.15, 0.2) is 72.8 Å². The zero-order valence-corrected chi connectivity index (χ0v) is 13.0. The van der Waals surface area contributed by atoms with Gasteiger partial charge in [-0.05, 0) is 23.5 Å². The van der Waals surface area contributed by atoms with E-state index in [2.05, 4.69) is 60.7 Å². The summed E-state index contributed by atoms with van der Waals surface area (Å²) in [7, 11) is 0. The average molecular weight is 304 g/mol. The normalized spacial score (nSPS) is 33.6. The van der Waals surface area contributed by atoms with Gasteiger partial charge >= 0.3 is 0 Å². The van der Waals surface area contributed by atoms with Crippen molar-refractivity contribution >= 4 is 0 Å². The molecular formula is C21H20O2. The minimum atomic E-state index is -0.394. The highest BCUT2D eigenvalue weighted by Crippen LogP contribution is 2.62. The Hall–Kier alpha value is -1.90. The van der Waals surface area contributed by atoms with Crippen LogP contribution in [-0.2, 0) is 9.47 Å². The van der Waals surface area contributed by atoms with E-state index >= 15 is 0 Å². The van der Waals surface area contributed by atoms with E-state index in [4.69, 9.17) is 9.47 Å². The Kier molecular flexibility index (Phi) is 2.97. The summed E-state index contributed by atoms with van der Waals surface area (Å²) in [6.45, 7) is 0. The summed E-state index contributed by atoms with van der Waals surface area (Å²) >= 11 is 0. The van der Waals surface area contributed by atoms with Gasteiger partial charge in [0.1, 0.15) is 12.2 Å². The number of rotatable bonds is 2. The predicted octanol–water partition coefficient (Wildman–Crippen LogP) is 4.81. The molecule has 2 aliphatic carbocycles. The Morgan fingerprint density at radius 3 is 1.87 bits per heavy atom. The molecule has 1 spiro atoms. The number of fused-ring (bicyclic) bond motifs is 2. The molecule has 1 aliphatic heterocycles. The number of benzene rings is 2. The van der Waals surface area contributed by atoms with E-state index < -0.39 is 5.79 Å². The van der Waals surface area contributed by atoms with Gasteiger partial charge in [-0.15, -0.1) is 0 Å². The summed E-state index contributed by atoms with van der Waals surface area (Å²) in [4.78, 5) is 0. The van der Waals surface area contributed by atoms with Crippen LogP contribution < -0.4 is 0 Å². The van der Waals surface area contributed by atoms with Crippen LogP contribution in [0.2, 0.25) is 0 Å². The SMILES string of the molecule is C1=C[C@H]2CC3(O[C@@H](c4ccccc4)[C@H](c4ccccc4)O3)[C@H]2C1. The molecule has 0 radical (unpaired) electrons. The molecule has 23 heavy (non-hydrogen) atoms. The van der Waals surface area contributed by atoms with Gasteiger partial charge in [-0.3, -0.25) is 0 Å². The highest BCUT2D eigenvalue weighted by Gasteiger charge is 2.62. The molecule has 3 aliphatic rings. The van der Waals surface area contributed by atoms with Gasteiger partial charge < -0.3 is 9.47 Å². The van der Waals surface area contributed by atoms with Crippen molar-refractivity contribution in [2.24, 2.45) is 11.8 Å². The zero-order valence-electron chi connectivity index (χ0n) is 13.0. The number of ether oxygens (including phenoxy) is 2. The smallest absolute Gasteiger partial charge is 0.174 e. The van der Waals surface area contributed by atoms with Crippen molar-refractivity contribution < 1.29 is 9.47 Å². The highest BCUT2D eigenvalue weighted by atomic mass is 16.8. The molecule has 116 valence electrons. The molecule has 4 atom stereocenters. The largest absolute Gasteiger partial charge is 0.339 e. The molecule has 1 saturated heterocycles. The molecule has 2 aromatic carbocycles. The van der Waals surface area contributed by atoms with Crippen LogP contribution in [0, 0.1) is 11.8 Å². The van der Waals surface area contributed by atoms with E-state index in [1.807, 2.05) is 12.1 Å². The fourth-order valence-corrected chi connectivity index (χ4v) is 4.37. The topological polar surface area (TPSA) is 18.5 Å². The van der Waals surface area contributed by atoms with Crippen molar-refractivity contribution in [2.75, 3.05) is 0 Å². The quantitative estimate of drug-likeness (QED) is 0.741. The van der Waals surface area contributed by atoms with Crippen molar-refractivity contribution in [3.05, 3.63) is 83.9 Å². The first-order valence-corrected chi connectivity index (χ1v) is 8.48. The van der Waals surface area contributed by atoms with Gasteiger partial charge in [0, 0.05) is 12.3 Å². The van der Waals surface area contributed by atoms with Crippen LogP contribution in [-0.4, -0.2) is 5.79 Å². The van der Waals surface area contributed by atoms with Gasteiger partial charge in [0.15, 0.2) is 5.79 Å². The Bertz CT molecular complexity index is 675. The van der Waals surface area contributed by atoms with Crippen molar-refractivity contribution in [2.45, 2.75) is 30.8 Å². The fraction of sp³-hybridized carbons (Fsp3) is 0.333. The number of hydrogen-bond acceptors (Lipinski definition) is 2. The lowest BCUT2D eigenvalue weighted by atomic mass is 9.70. The lowest BCUT2D eigenvalue weighted by Gasteiger charge is -2.48. The number of allylic oxidation sites excluding steroid dienone is 2. The zero-order chi connectivity index (χ0) is 15.3. The Morgan fingerprint density at radius 2 is 1.35 bits per heavy atom. The Balaban J connectivity index is 1.52. The minimum absolute atomic E-state index is 0.0276. The third-order valence-electron chi connectivity index (χ3n) is 5.56. The highest BCUT2D eigenvalue weighted by molar-refractivity contribution is 5.28. The van der Waals surface area contributed by atoms with Crippen molar-refractivity contribution in [1.29, 1.82) is 0 Å². The third-order valence-corrected chi connectivity index (χ3v) is 5.56. The van der Waals surface area contributed by atoms with E-state index in [0.717, 1.165) is 12.8 Å². The molecular weight excluding hydrogens is 284 g/mol. The van der Waals surface area contributed by atoms with Crippen LogP contribution in [0.25, 0.3) is 0 Å². The summed E-state index contributed by atoms with van der Waals surface area (Å²) in [5, 5.41) is 0. The molecule has 2 aromatic rings. The molecule has 1 saturated carbocycles. The summed E-state index contributed by atoms with van der Waals surface area (Å²) in [5.41, 5.74) is 2.40. The Morgan fingerprint density at radius 1 is 0.783 bits per heavy atom. The minimum Gasteiger partial charge on any atom is -0.339 e. The van der Waals surface area contributed by atoms with Gasteiger partial charge in [0.05, 0.1) is 0 Å².